The zero-order valence-corrected chi connectivity index (χ0v) is 16.1. The number of carbonyl (C=O) groups is 2. The van der Waals surface area contributed by atoms with Gasteiger partial charge in [0.1, 0.15) is 29.7 Å². The predicted octanol–water partition coefficient (Wildman–Crippen LogP) is 4.73. The van der Waals surface area contributed by atoms with Gasteiger partial charge in [-0.15, -0.1) is 0 Å². The van der Waals surface area contributed by atoms with E-state index in [1.54, 1.807) is 12.1 Å². The van der Waals surface area contributed by atoms with Crippen molar-refractivity contribution in [3.05, 3.63) is 95.6 Å². The van der Waals surface area contributed by atoms with Gasteiger partial charge in [0.2, 0.25) is 0 Å². The van der Waals surface area contributed by atoms with Crippen LogP contribution >= 0.6 is 0 Å². The fourth-order valence-corrected chi connectivity index (χ4v) is 2.58. The molecule has 0 aromatic heterocycles. The summed E-state index contributed by atoms with van der Waals surface area (Å²) < 4.78 is 38.1. The number of benzene rings is 3. The first-order valence-electron chi connectivity index (χ1n) is 9.16. The molecule has 5 nitrogen and oxygen atoms in total. The van der Waals surface area contributed by atoms with Gasteiger partial charge in [-0.1, -0.05) is 42.5 Å². The molecule has 0 radical (unpaired) electrons. The summed E-state index contributed by atoms with van der Waals surface area (Å²) in [6.07, 6.45) is -1.27. The molecule has 7 heteroatoms. The van der Waals surface area contributed by atoms with E-state index < -0.39 is 35.3 Å². The second-order valence-corrected chi connectivity index (χ2v) is 6.44. The molecule has 3 aromatic rings. The SMILES string of the molecule is CC(OC(=O)c1cccc(OCc2ccccc2)c1)C(=O)Nc1c(F)cccc1F. The average Bonchev–Trinajstić information content (AvgIpc) is 2.75. The Kier molecular flexibility index (Phi) is 6.75. The minimum Gasteiger partial charge on any atom is -0.489 e. The topological polar surface area (TPSA) is 64.6 Å². The van der Waals surface area contributed by atoms with Gasteiger partial charge in [0.15, 0.2) is 6.10 Å². The van der Waals surface area contributed by atoms with E-state index in [2.05, 4.69) is 5.32 Å². The van der Waals surface area contributed by atoms with Gasteiger partial charge in [0.05, 0.1) is 5.56 Å². The van der Waals surface area contributed by atoms with Crippen LogP contribution in [0.15, 0.2) is 72.8 Å². The highest BCUT2D eigenvalue weighted by molar-refractivity contribution is 5.97. The van der Waals surface area contributed by atoms with Gasteiger partial charge in [0.25, 0.3) is 5.91 Å². The summed E-state index contributed by atoms with van der Waals surface area (Å²) in [7, 11) is 0. The molecule has 1 N–H and O–H groups in total. The first-order chi connectivity index (χ1) is 14.4. The molecule has 0 bridgehead atoms. The van der Waals surface area contributed by atoms with Crippen molar-refractivity contribution in [2.45, 2.75) is 19.6 Å². The van der Waals surface area contributed by atoms with Gasteiger partial charge in [-0.2, -0.15) is 0 Å². The molecular formula is C23H19F2NO4. The summed E-state index contributed by atoms with van der Waals surface area (Å²) in [5, 5.41) is 2.09. The largest absolute Gasteiger partial charge is 0.489 e. The van der Waals surface area contributed by atoms with Gasteiger partial charge < -0.3 is 14.8 Å². The lowest BCUT2D eigenvalue weighted by atomic mass is 10.2. The zero-order valence-electron chi connectivity index (χ0n) is 16.1. The first-order valence-corrected chi connectivity index (χ1v) is 9.16. The van der Waals surface area contributed by atoms with Crippen LogP contribution in [-0.4, -0.2) is 18.0 Å². The second-order valence-electron chi connectivity index (χ2n) is 6.44. The van der Waals surface area contributed by atoms with Gasteiger partial charge in [0, 0.05) is 0 Å². The van der Waals surface area contributed by atoms with Crippen LogP contribution < -0.4 is 10.1 Å². The number of carbonyl (C=O) groups excluding carboxylic acids is 2. The number of rotatable bonds is 7. The van der Waals surface area contributed by atoms with Gasteiger partial charge in [-0.3, -0.25) is 4.79 Å². The fraction of sp³-hybridized carbons (Fsp3) is 0.130. The molecule has 30 heavy (non-hydrogen) atoms. The van der Waals surface area contributed by atoms with E-state index in [0.29, 0.717) is 12.4 Å². The van der Waals surface area contributed by atoms with Crippen LogP contribution in [0.25, 0.3) is 0 Å². The Morgan fingerprint density at radius 2 is 1.60 bits per heavy atom. The lowest BCUT2D eigenvalue weighted by molar-refractivity contribution is -0.123. The van der Waals surface area contributed by atoms with Crippen molar-refractivity contribution in [2.75, 3.05) is 5.32 Å². The highest BCUT2D eigenvalue weighted by atomic mass is 19.1. The summed E-state index contributed by atoms with van der Waals surface area (Å²) in [5.41, 5.74) is 0.551. The molecule has 0 saturated heterocycles. The Bertz CT molecular complexity index is 1020. The molecule has 1 amide bonds. The molecule has 0 heterocycles. The maximum atomic E-state index is 13.7. The van der Waals surface area contributed by atoms with E-state index in [-0.39, 0.29) is 5.56 Å². The third kappa shape index (κ3) is 5.41. The first kappa shape index (κ1) is 21.0. The number of para-hydroxylation sites is 1. The quantitative estimate of drug-likeness (QED) is 0.571. The molecule has 1 unspecified atom stereocenters. The van der Waals surface area contributed by atoms with Crippen LogP contribution in [0.3, 0.4) is 0 Å². The van der Waals surface area contributed by atoms with Crippen LogP contribution in [0, 0.1) is 11.6 Å². The molecule has 3 aromatic carbocycles. The van der Waals surface area contributed by atoms with Crippen LogP contribution in [0.5, 0.6) is 5.75 Å². The van der Waals surface area contributed by atoms with Crippen molar-refractivity contribution < 1.29 is 27.8 Å². The molecule has 0 aliphatic rings. The van der Waals surface area contributed by atoms with E-state index in [1.807, 2.05) is 30.3 Å². The normalized spacial score (nSPS) is 11.4. The third-order valence-corrected chi connectivity index (χ3v) is 4.18. The van der Waals surface area contributed by atoms with E-state index in [0.717, 1.165) is 17.7 Å². The molecule has 3 rings (SSSR count). The van der Waals surface area contributed by atoms with E-state index in [1.165, 1.54) is 25.1 Å². The molecule has 0 fully saturated rings. The van der Waals surface area contributed by atoms with Crippen LogP contribution in [0.1, 0.15) is 22.8 Å². The summed E-state index contributed by atoms with van der Waals surface area (Å²) in [4.78, 5) is 24.5. The molecule has 0 spiro atoms. The van der Waals surface area contributed by atoms with Crippen LogP contribution in [0.4, 0.5) is 14.5 Å². The summed E-state index contributed by atoms with van der Waals surface area (Å²) in [6.45, 7) is 1.63. The van der Waals surface area contributed by atoms with Gasteiger partial charge >= 0.3 is 5.97 Å². The number of amides is 1. The lowest BCUT2D eigenvalue weighted by Gasteiger charge is -2.14. The number of esters is 1. The minimum absolute atomic E-state index is 0.178. The zero-order chi connectivity index (χ0) is 21.5. The number of anilines is 1. The Hall–Kier alpha value is -3.74. The Labute approximate surface area is 172 Å². The maximum Gasteiger partial charge on any atom is 0.339 e. The van der Waals surface area contributed by atoms with Crippen molar-refractivity contribution in [3.63, 3.8) is 0 Å². The van der Waals surface area contributed by atoms with Crippen LogP contribution in [0.2, 0.25) is 0 Å². The molecule has 154 valence electrons. The fourth-order valence-electron chi connectivity index (χ4n) is 2.58. The molecule has 0 aliphatic carbocycles. The molecule has 0 aliphatic heterocycles. The van der Waals surface area contributed by atoms with Crippen molar-refractivity contribution in [1.82, 2.24) is 0 Å². The van der Waals surface area contributed by atoms with Crippen molar-refractivity contribution in [2.24, 2.45) is 0 Å². The minimum atomic E-state index is -1.27. The number of ether oxygens (including phenoxy) is 2. The van der Waals surface area contributed by atoms with E-state index in [4.69, 9.17) is 9.47 Å². The van der Waals surface area contributed by atoms with Crippen molar-refractivity contribution in [1.29, 1.82) is 0 Å². The van der Waals surface area contributed by atoms with Crippen molar-refractivity contribution >= 4 is 17.6 Å². The maximum absolute atomic E-state index is 13.7. The Balaban J connectivity index is 1.60. The molecular weight excluding hydrogens is 392 g/mol. The Morgan fingerprint density at radius 3 is 2.30 bits per heavy atom. The number of hydrogen-bond donors (Lipinski definition) is 1. The van der Waals surface area contributed by atoms with E-state index >= 15 is 0 Å². The third-order valence-electron chi connectivity index (χ3n) is 4.18. The monoisotopic (exact) mass is 411 g/mol. The predicted molar refractivity (Wildman–Crippen MR) is 107 cm³/mol. The highest BCUT2D eigenvalue weighted by Gasteiger charge is 2.21. The summed E-state index contributed by atoms with van der Waals surface area (Å²) in [6, 6.07) is 19.0. The molecule has 0 saturated carbocycles. The van der Waals surface area contributed by atoms with Crippen molar-refractivity contribution in [3.8, 4) is 5.75 Å². The lowest BCUT2D eigenvalue weighted by Crippen LogP contribution is -2.30. The number of hydrogen-bond acceptors (Lipinski definition) is 4. The summed E-state index contributed by atoms with van der Waals surface area (Å²) in [5.74, 6) is -3.02. The average molecular weight is 411 g/mol. The van der Waals surface area contributed by atoms with E-state index in [9.17, 15) is 18.4 Å². The van der Waals surface area contributed by atoms with Crippen LogP contribution in [-0.2, 0) is 16.1 Å². The summed E-state index contributed by atoms with van der Waals surface area (Å²) >= 11 is 0. The number of halogens is 2. The Morgan fingerprint density at radius 1 is 0.933 bits per heavy atom. The highest BCUT2D eigenvalue weighted by Crippen LogP contribution is 2.19. The van der Waals surface area contributed by atoms with Gasteiger partial charge in [-0.05, 0) is 42.8 Å². The standard InChI is InChI=1S/C23H19F2NO4/c1-15(22(27)26-21-19(24)11-6-12-20(21)25)30-23(28)17-9-5-10-18(13-17)29-14-16-7-3-2-4-8-16/h2-13,15H,14H2,1H3,(H,26,27). The second kappa shape index (κ2) is 9.65. The molecule has 1 atom stereocenters. The smallest absolute Gasteiger partial charge is 0.339 e. The van der Waals surface area contributed by atoms with Gasteiger partial charge in [-0.25, -0.2) is 13.6 Å². The number of nitrogens with one attached hydrogen (secondary N) is 1.